The molecule has 0 aromatic heterocycles. The summed E-state index contributed by atoms with van der Waals surface area (Å²) < 4.78 is 0. The normalized spacial score (nSPS) is 13.8. The zero-order chi connectivity index (χ0) is 21.7. The van der Waals surface area contributed by atoms with E-state index >= 15 is 0 Å². The van der Waals surface area contributed by atoms with E-state index in [1.165, 1.54) is 51.4 Å². The molecule has 0 aliphatic heterocycles. The Kier molecular flexibility index (Phi) is 24.5. The minimum Gasteiger partial charge on any atom is -0.549 e. The van der Waals surface area contributed by atoms with Crippen molar-refractivity contribution in [2.45, 2.75) is 105 Å². The summed E-state index contributed by atoms with van der Waals surface area (Å²) >= 11 is 0. The first kappa shape index (κ1) is 31.7. The third-order valence-corrected chi connectivity index (χ3v) is 5.75. The summed E-state index contributed by atoms with van der Waals surface area (Å²) in [5.74, 6) is 0.200. The average molecular weight is 414 g/mol. The van der Waals surface area contributed by atoms with Crippen molar-refractivity contribution in [2.24, 2.45) is 11.8 Å². The van der Waals surface area contributed by atoms with Gasteiger partial charge in [-0.15, -0.1) is 0 Å². The van der Waals surface area contributed by atoms with Crippen LogP contribution in [0.3, 0.4) is 0 Å². The minimum absolute atomic E-state index is 0. The second-order valence-corrected chi connectivity index (χ2v) is 8.50. The van der Waals surface area contributed by atoms with Crippen molar-refractivity contribution < 1.29 is 28.8 Å². The predicted molar refractivity (Wildman–Crippen MR) is 125 cm³/mol. The number of carbonyl (C=O) groups is 1. The number of carbonyl (C=O) groups excluding carboxylic acids is 1. The summed E-state index contributed by atoms with van der Waals surface area (Å²) in [6.45, 7) is 10.7. The Balaban J connectivity index is 0. The van der Waals surface area contributed by atoms with Crippen LogP contribution in [0, 0.1) is 11.8 Å². The summed E-state index contributed by atoms with van der Waals surface area (Å²) in [6.07, 6.45) is 23.2. The van der Waals surface area contributed by atoms with Gasteiger partial charge in [0.1, 0.15) is 0 Å². The molecular formula is C26H48LiNO2. The fourth-order valence-electron chi connectivity index (χ4n) is 3.82. The average Bonchev–Trinajstić information content (AvgIpc) is 2.70. The number of aliphatic carboxylic acids is 1. The van der Waals surface area contributed by atoms with Crippen molar-refractivity contribution in [2.75, 3.05) is 19.6 Å². The van der Waals surface area contributed by atoms with Crippen LogP contribution in [0.5, 0.6) is 0 Å². The second kappa shape index (κ2) is 23.2. The number of allylic oxidation sites excluding steroid dienone is 4. The van der Waals surface area contributed by atoms with Crippen molar-refractivity contribution in [1.82, 2.24) is 4.90 Å². The second-order valence-electron chi connectivity index (χ2n) is 8.50. The molecule has 0 saturated heterocycles. The van der Waals surface area contributed by atoms with Gasteiger partial charge in [0.15, 0.2) is 0 Å². The maximum absolute atomic E-state index is 11.3. The maximum atomic E-state index is 11.3. The molecular weight excluding hydrogens is 365 g/mol. The smallest absolute Gasteiger partial charge is 0.549 e. The Morgan fingerprint density at radius 1 is 0.767 bits per heavy atom. The number of hydrogen-bond donors (Lipinski definition) is 0. The molecule has 0 aromatic carbocycles. The molecule has 0 aliphatic carbocycles. The van der Waals surface area contributed by atoms with Gasteiger partial charge < -0.3 is 9.90 Å². The van der Waals surface area contributed by atoms with Crippen LogP contribution in [-0.2, 0) is 4.79 Å². The van der Waals surface area contributed by atoms with Crippen LogP contribution >= 0.6 is 0 Å². The van der Waals surface area contributed by atoms with Crippen LogP contribution in [0.15, 0.2) is 24.3 Å². The first-order chi connectivity index (χ1) is 14.1. The summed E-state index contributed by atoms with van der Waals surface area (Å²) in [5, 5.41) is 11.3. The zero-order valence-corrected chi connectivity index (χ0v) is 20.8. The minimum atomic E-state index is -0.945. The quantitative estimate of drug-likeness (QED) is 0.175. The third-order valence-electron chi connectivity index (χ3n) is 5.75. The number of nitrogens with zero attached hydrogens (tertiary/aromatic N) is 1. The molecule has 2 unspecified atom stereocenters. The fraction of sp³-hybridized carbons (Fsp3) is 0.808. The number of rotatable bonds is 20. The first-order valence-electron chi connectivity index (χ1n) is 12.3. The van der Waals surface area contributed by atoms with Gasteiger partial charge in [-0.1, -0.05) is 77.7 Å². The molecule has 0 radical (unpaired) electrons. The molecule has 0 bridgehead atoms. The Bertz CT molecular complexity index is 405. The number of unbranched alkanes of at least 4 members (excludes halogenated alkanes) is 4. The Labute approximate surface area is 199 Å². The molecule has 30 heavy (non-hydrogen) atoms. The maximum Gasteiger partial charge on any atom is 1.00 e. The molecule has 0 N–H and O–H groups in total. The topological polar surface area (TPSA) is 43.4 Å². The van der Waals surface area contributed by atoms with Crippen molar-refractivity contribution >= 4 is 5.97 Å². The van der Waals surface area contributed by atoms with E-state index in [1.807, 2.05) is 0 Å². The van der Waals surface area contributed by atoms with Crippen molar-refractivity contribution in [3.63, 3.8) is 0 Å². The monoisotopic (exact) mass is 413 g/mol. The summed E-state index contributed by atoms with van der Waals surface area (Å²) in [4.78, 5) is 13.5. The van der Waals surface area contributed by atoms with Gasteiger partial charge in [0.25, 0.3) is 0 Å². The first-order valence-corrected chi connectivity index (χ1v) is 12.3. The van der Waals surface area contributed by atoms with E-state index in [2.05, 4.69) is 56.9 Å². The molecule has 0 saturated carbocycles. The summed E-state index contributed by atoms with van der Waals surface area (Å²) in [6, 6.07) is 0. The molecule has 0 aliphatic rings. The van der Waals surface area contributed by atoms with Gasteiger partial charge in [-0.05, 0) is 63.2 Å². The van der Waals surface area contributed by atoms with E-state index in [-0.39, 0.29) is 25.4 Å². The molecule has 3 nitrogen and oxygen atoms in total. The molecule has 0 amide bonds. The largest absolute Gasteiger partial charge is 1.00 e. The van der Waals surface area contributed by atoms with E-state index in [0.29, 0.717) is 11.8 Å². The van der Waals surface area contributed by atoms with Crippen LogP contribution in [-0.4, -0.2) is 30.5 Å². The van der Waals surface area contributed by atoms with Gasteiger partial charge in [-0.25, -0.2) is 0 Å². The zero-order valence-electron chi connectivity index (χ0n) is 20.8. The van der Waals surface area contributed by atoms with Crippen molar-refractivity contribution in [3.8, 4) is 0 Å². The molecule has 4 heteroatoms. The summed E-state index contributed by atoms with van der Waals surface area (Å²) in [5.41, 5.74) is 0. The number of carboxylic acids is 1. The van der Waals surface area contributed by atoms with Gasteiger partial charge in [0.05, 0.1) is 5.97 Å². The molecule has 2 atom stereocenters. The van der Waals surface area contributed by atoms with Crippen LogP contribution < -0.4 is 24.0 Å². The van der Waals surface area contributed by atoms with Gasteiger partial charge in [-0.3, -0.25) is 4.90 Å². The van der Waals surface area contributed by atoms with Crippen molar-refractivity contribution in [3.05, 3.63) is 24.3 Å². The predicted octanol–water partition coefficient (Wildman–Crippen LogP) is 3.15. The summed E-state index contributed by atoms with van der Waals surface area (Å²) in [7, 11) is 0. The molecule has 170 valence electrons. The molecule has 0 fully saturated rings. The Morgan fingerprint density at radius 2 is 1.17 bits per heavy atom. The molecule has 0 rings (SSSR count). The Morgan fingerprint density at radius 3 is 1.50 bits per heavy atom. The van der Waals surface area contributed by atoms with Crippen LogP contribution in [0.1, 0.15) is 105 Å². The van der Waals surface area contributed by atoms with Gasteiger partial charge >= 0.3 is 18.9 Å². The van der Waals surface area contributed by atoms with E-state index in [9.17, 15) is 9.90 Å². The van der Waals surface area contributed by atoms with Crippen molar-refractivity contribution in [1.29, 1.82) is 0 Å². The molecule has 0 spiro atoms. The van der Waals surface area contributed by atoms with E-state index in [0.717, 1.165) is 38.8 Å². The molecule has 0 heterocycles. The Hall–Kier alpha value is -0.493. The van der Waals surface area contributed by atoms with E-state index < -0.39 is 5.97 Å². The van der Waals surface area contributed by atoms with Crippen LogP contribution in [0.2, 0.25) is 0 Å². The SMILES string of the molecule is CCC/C=C/CCCC(CC)CN(CC(=O)[O-])CC(CC)CCC/C=C/CCC.[Li+]. The number of hydrogen-bond acceptors (Lipinski definition) is 3. The third kappa shape index (κ3) is 19.5. The van der Waals surface area contributed by atoms with Crippen LogP contribution in [0.4, 0.5) is 0 Å². The van der Waals surface area contributed by atoms with E-state index in [1.54, 1.807) is 0 Å². The molecule has 0 aromatic rings. The number of carboxylic acid groups (broad SMARTS) is 1. The standard InChI is InChI=1S/C26H49NO2.Li/c1-5-9-11-13-15-17-19-24(7-3)21-27(23-26(28)29)22-25(8-4)20-18-16-14-12-10-6-2;/h11-14,24-25H,5-10,15-23H2,1-4H3,(H,28,29);/q;+1/p-1/b13-11+,14-12+;. The fourth-order valence-corrected chi connectivity index (χ4v) is 3.82. The van der Waals surface area contributed by atoms with Gasteiger partial charge in [0, 0.05) is 19.6 Å². The van der Waals surface area contributed by atoms with Crippen LogP contribution in [0.25, 0.3) is 0 Å². The van der Waals surface area contributed by atoms with Gasteiger partial charge in [-0.2, -0.15) is 0 Å². The van der Waals surface area contributed by atoms with Gasteiger partial charge in [0.2, 0.25) is 0 Å². The van der Waals surface area contributed by atoms with E-state index in [4.69, 9.17) is 0 Å².